The Bertz CT molecular complexity index is 760. The van der Waals surface area contributed by atoms with Crippen LogP contribution in [-0.2, 0) is 20.8 Å². The van der Waals surface area contributed by atoms with Gasteiger partial charge < -0.3 is 9.47 Å². The van der Waals surface area contributed by atoms with Crippen molar-refractivity contribution in [3.63, 3.8) is 0 Å². The molecule has 0 aliphatic heterocycles. The van der Waals surface area contributed by atoms with Crippen molar-refractivity contribution in [1.29, 1.82) is 5.26 Å². The smallest absolute Gasteiger partial charge is 0.351 e. The lowest BCUT2D eigenvalue weighted by atomic mass is 10.3. The van der Waals surface area contributed by atoms with Gasteiger partial charge in [-0.1, -0.05) is 5.73 Å². The number of thiazole rings is 1. The molecule has 6 nitrogen and oxygen atoms in total. The van der Waals surface area contributed by atoms with Crippen LogP contribution in [0.1, 0.15) is 20.8 Å². The minimum atomic E-state index is -0.733. The second-order valence-corrected chi connectivity index (χ2v) is 4.71. The second kappa shape index (κ2) is 8.10. The number of carbonyl (C=O) groups is 1. The van der Waals surface area contributed by atoms with Crippen LogP contribution in [0.2, 0.25) is 0 Å². The first-order valence-corrected chi connectivity index (χ1v) is 7.30. The number of hydrogen-bond donors (Lipinski definition) is 0. The Morgan fingerprint density at radius 2 is 2.10 bits per heavy atom. The molecule has 0 radical (unpaired) electrons. The van der Waals surface area contributed by atoms with Crippen LogP contribution in [0.3, 0.4) is 0 Å². The first-order chi connectivity index (χ1) is 10.1. The molecular formula is C14H16N2O4S. The van der Waals surface area contributed by atoms with Gasteiger partial charge in [-0.15, -0.1) is 11.3 Å². The Morgan fingerprint density at radius 3 is 2.62 bits per heavy atom. The fourth-order valence-corrected chi connectivity index (χ4v) is 2.59. The van der Waals surface area contributed by atoms with Gasteiger partial charge in [-0.25, -0.2) is 4.79 Å². The highest BCUT2D eigenvalue weighted by molar-refractivity contribution is 7.07. The van der Waals surface area contributed by atoms with E-state index in [1.165, 1.54) is 10.8 Å². The maximum absolute atomic E-state index is 12.2. The van der Waals surface area contributed by atoms with Gasteiger partial charge in [0.1, 0.15) is 21.5 Å². The summed E-state index contributed by atoms with van der Waals surface area (Å²) in [7, 11) is 0. The van der Waals surface area contributed by atoms with Gasteiger partial charge >= 0.3 is 5.97 Å². The third-order valence-electron chi connectivity index (χ3n) is 2.44. The zero-order valence-corrected chi connectivity index (χ0v) is 13.0. The van der Waals surface area contributed by atoms with E-state index < -0.39 is 5.97 Å². The van der Waals surface area contributed by atoms with Crippen molar-refractivity contribution >= 4 is 28.6 Å². The van der Waals surface area contributed by atoms with E-state index in [1.807, 2.05) is 13.0 Å². The Morgan fingerprint density at radius 1 is 1.38 bits per heavy atom. The van der Waals surface area contributed by atoms with E-state index in [2.05, 4.69) is 5.73 Å². The highest BCUT2D eigenvalue weighted by Gasteiger charge is 2.15. The molecule has 0 N–H and O–H groups in total. The molecule has 7 heteroatoms. The summed E-state index contributed by atoms with van der Waals surface area (Å²) in [6.07, 6.45) is 1.30. The number of hydrogen-bond acceptors (Lipinski definition) is 6. The number of nitriles is 1. The summed E-state index contributed by atoms with van der Waals surface area (Å²) in [6, 6.07) is 1.81. The maximum atomic E-state index is 12.2. The van der Waals surface area contributed by atoms with Crippen LogP contribution < -0.4 is 14.8 Å². The molecule has 21 heavy (non-hydrogen) atoms. The Balaban J connectivity index is 3.68. The van der Waals surface area contributed by atoms with Gasteiger partial charge in [-0.3, -0.25) is 9.36 Å². The molecule has 1 rings (SSSR count). The maximum Gasteiger partial charge on any atom is 0.351 e. The molecule has 1 aromatic rings. The lowest BCUT2D eigenvalue weighted by Gasteiger charge is -2.00. The van der Waals surface area contributed by atoms with Gasteiger partial charge in [0.2, 0.25) is 0 Å². The first kappa shape index (κ1) is 16.8. The average molecular weight is 308 g/mol. The van der Waals surface area contributed by atoms with Gasteiger partial charge in [-0.2, -0.15) is 5.26 Å². The van der Waals surface area contributed by atoms with Crippen molar-refractivity contribution < 1.29 is 14.3 Å². The number of esters is 1. The van der Waals surface area contributed by atoms with E-state index in [9.17, 15) is 9.59 Å². The van der Waals surface area contributed by atoms with Crippen LogP contribution in [0.25, 0.3) is 11.3 Å². The summed E-state index contributed by atoms with van der Waals surface area (Å²) in [5, 5.41) is 9.16. The number of nitrogens with zero attached hydrogens (tertiary/aromatic N) is 2. The van der Waals surface area contributed by atoms with Crippen LogP contribution in [0.15, 0.2) is 11.1 Å². The topological polar surface area (TPSA) is 81.3 Å². The van der Waals surface area contributed by atoms with Crippen molar-refractivity contribution in [2.24, 2.45) is 0 Å². The van der Waals surface area contributed by atoms with Crippen LogP contribution in [0.5, 0.6) is 0 Å². The standard InChI is InChI=1S/C14H16N2O4S/c1-4-16-12(17)11(7-8-19-5-2)21-13(16)10(9-15)14(18)20-6-3/h8H,4-6H2,1-3H3/b13-10-. The van der Waals surface area contributed by atoms with E-state index in [4.69, 9.17) is 14.7 Å². The number of rotatable bonds is 5. The van der Waals surface area contributed by atoms with E-state index in [-0.39, 0.29) is 26.9 Å². The highest BCUT2D eigenvalue weighted by atomic mass is 32.1. The summed E-state index contributed by atoms with van der Waals surface area (Å²) in [4.78, 5) is 24.0. The SMILES string of the molecule is CCOC=C=c1s/c(=C(/C#N)C(=O)OCC)n(CC)c1=O. The van der Waals surface area contributed by atoms with Gasteiger partial charge in [0, 0.05) is 6.54 Å². The zero-order valence-electron chi connectivity index (χ0n) is 12.1. The van der Waals surface area contributed by atoms with E-state index in [0.29, 0.717) is 13.2 Å². The molecule has 1 aromatic heterocycles. The monoisotopic (exact) mass is 308 g/mol. The predicted molar refractivity (Wildman–Crippen MR) is 78.8 cm³/mol. The molecule has 0 unspecified atom stereocenters. The zero-order chi connectivity index (χ0) is 15.8. The Kier molecular flexibility index (Phi) is 6.47. The van der Waals surface area contributed by atoms with Crippen LogP contribution in [-0.4, -0.2) is 23.8 Å². The molecule has 112 valence electrons. The van der Waals surface area contributed by atoms with E-state index in [0.717, 1.165) is 11.3 Å². The van der Waals surface area contributed by atoms with Gasteiger partial charge in [0.25, 0.3) is 5.56 Å². The summed E-state index contributed by atoms with van der Waals surface area (Å²) < 4.78 is 11.7. The number of aromatic nitrogens is 1. The van der Waals surface area contributed by atoms with Crippen molar-refractivity contribution in [3.8, 4) is 6.07 Å². The second-order valence-electron chi connectivity index (χ2n) is 3.71. The summed E-state index contributed by atoms with van der Waals surface area (Å²) >= 11 is 1.02. The lowest BCUT2D eigenvalue weighted by Crippen LogP contribution is -2.32. The van der Waals surface area contributed by atoms with Gasteiger partial charge in [0.05, 0.1) is 13.2 Å². The van der Waals surface area contributed by atoms with Gasteiger partial charge in [0.15, 0.2) is 5.57 Å². The number of carbonyl (C=O) groups excluding carboxylic acids is 1. The Hall–Kier alpha value is -2.29. The van der Waals surface area contributed by atoms with E-state index in [1.54, 1.807) is 13.8 Å². The summed E-state index contributed by atoms with van der Waals surface area (Å²) in [5.41, 5.74) is 2.23. The van der Waals surface area contributed by atoms with E-state index >= 15 is 0 Å². The molecule has 0 spiro atoms. The van der Waals surface area contributed by atoms with Crippen molar-refractivity contribution in [3.05, 3.63) is 25.8 Å². The molecule has 0 saturated carbocycles. The summed E-state index contributed by atoms with van der Waals surface area (Å²) in [5.74, 6) is -0.733. The third kappa shape index (κ3) is 3.85. The molecule has 0 saturated heterocycles. The molecule has 0 aliphatic rings. The fraction of sp³-hybridized carbons (Fsp3) is 0.429. The third-order valence-corrected chi connectivity index (χ3v) is 3.56. The number of ether oxygens (including phenoxy) is 2. The van der Waals surface area contributed by atoms with Crippen molar-refractivity contribution in [2.75, 3.05) is 13.2 Å². The normalized spacial score (nSPS) is 11.1. The predicted octanol–water partition coefficient (Wildman–Crippen LogP) is 0.0967. The molecule has 0 atom stereocenters. The molecule has 0 amide bonds. The molecular weight excluding hydrogens is 292 g/mol. The molecule has 0 aliphatic carbocycles. The minimum absolute atomic E-state index is 0.162. The van der Waals surface area contributed by atoms with Crippen LogP contribution >= 0.6 is 11.3 Å². The fourth-order valence-electron chi connectivity index (χ4n) is 1.54. The van der Waals surface area contributed by atoms with Gasteiger partial charge in [-0.05, 0) is 20.8 Å². The average Bonchev–Trinajstić information content (AvgIpc) is 2.77. The molecule has 0 fully saturated rings. The minimum Gasteiger partial charge on any atom is -0.493 e. The van der Waals surface area contributed by atoms with Crippen LogP contribution in [0, 0.1) is 11.3 Å². The first-order valence-electron chi connectivity index (χ1n) is 6.48. The van der Waals surface area contributed by atoms with Crippen molar-refractivity contribution in [2.45, 2.75) is 27.3 Å². The quantitative estimate of drug-likeness (QED) is 0.569. The van der Waals surface area contributed by atoms with Crippen LogP contribution in [0.4, 0.5) is 0 Å². The molecule has 0 aromatic carbocycles. The Labute approximate surface area is 125 Å². The lowest BCUT2D eigenvalue weighted by molar-refractivity contribution is -0.136. The summed E-state index contributed by atoms with van der Waals surface area (Å²) in [6.45, 7) is 6.18. The highest BCUT2D eigenvalue weighted by Crippen LogP contribution is 1.96. The molecule has 0 bridgehead atoms. The van der Waals surface area contributed by atoms with Crippen molar-refractivity contribution in [1.82, 2.24) is 4.57 Å². The molecule has 1 heterocycles. The largest absolute Gasteiger partial charge is 0.493 e.